The van der Waals surface area contributed by atoms with E-state index >= 15 is 0 Å². The smallest absolute Gasteiger partial charge is 0.337 e. The van der Waals surface area contributed by atoms with Crippen molar-refractivity contribution >= 4 is 28.9 Å². The fraction of sp³-hybridized carbons (Fsp3) is 0.368. The Labute approximate surface area is 145 Å². The molecule has 1 aliphatic carbocycles. The summed E-state index contributed by atoms with van der Waals surface area (Å²) < 4.78 is 4.74. The van der Waals surface area contributed by atoms with Crippen LogP contribution in [0.2, 0.25) is 0 Å². The number of esters is 1. The third-order valence-electron chi connectivity index (χ3n) is 4.46. The molecule has 0 saturated carbocycles. The molecule has 1 aliphatic rings. The lowest BCUT2D eigenvalue weighted by atomic mass is 9.90. The number of thiophene rings is 1. The molecular formula is C19H21NO3S. The van der Waals surface area contributed by atoms with Crippen LogP contribution in [0, 0.1) is 12.8 Å². The number of anilines is 1. The van der Waals surface area contributed by atoms with E-state index in [0.717, 1.165) is 23.3 Å². The first-order valence-corrected chi connectivity index (χ1v) is 8.91. The molecule has 0 aliphatic heterocycles. The summed E-state index contributed by atoms with van der Waals surface area (Å²) in [5.74, 6) is 0.153. The normalized spacial score (nSPS) is 16.4. The first-order chi connectivity index (χ1) is 11.5. The zero-order valence-electron chi connectivity index (χ0n) is 14.1. The Balaban J connectivity index is 1.81. The van der Waals surface area contributed by atoms with E-state index in [1.165, 1.54) is 24.0 Å². The van der Waals surface area contributed by atoms with Crippen LogP contribution in [0.3, 0.4) is 0 Å². The van der Waals surface area contributed by atoms with Crippen molar-refractivity contribution in [1.29, 1.82) is 0 Å². The second-order valence-corrected chi connectivity index (χ2v) is 7.52. The molecular weight excluding hydrogens is 322 g/mol. The van der Waals surface area contributed by atoms with E-state index in [1.807, 2.05) is 19.1 Å². The molecule has 1 aromatic heterocycles. The second-order valence-electron chi connectivity index (χ2n) is 6.38. The number of rotatable bonds is 3. The van der Waals surface area contributed by atoms with Crippen molar-refractivity contribution in [3.8, 4) is 0 Å². The first kappa shape index (κ1) is 16.7. The Morgan fingerprint density at radius 1 is 1.29 bits per heavy atom. The zero-order valence-corrected chi connectivity index (χ0v) is 15.0. The van der Waals surface area contributed by atoms with Crippen molar-refractivity contribution in [3.05, 3.63) is 50.7 Å². The molecule has 1 aromatic carbocycles. The monoisotopic (exact) mass is 343 g/mol. The number of nitrogens with one attached hydrogen (secondary N) is 1. The highest BCUT2D eigenvalue weighted by Crippen LogP contribution is 2.32. The highest BCUT2D eigenvalue weighted by molar-refractivity contribution is 7.14. The molecule has 0 unspecified atom stereocenters. The van der Waals surface area contributed by atoms with Crippen LogP contribution in [0.4, 0.5) is 5.69 Å². The van der Waals surface area contributed by atoms with Crippen molar-refractivity contribution in [1.82, 2.24) is 0 Å². The Bertz CT molecular complexity index is 794. The summed E-state index contributed by atoms with van der Waals surface area (Å²) in [6, 6.07) is 7.18. The summed E-state index contributed by atoms with van der Waals surface area (Å²) in [6.45, 7) is 4.15. The lowest BCUT2D eigenvalue weighted by molar-refractivity contribution is 0.0600. The average molecular weight is 343 g/mol. The number of hydrogen-bond donors (Lipinski definition) is 1. The number of methoxy groups -OCH3 is 1. The van der Waals surface area contributed by atoms with Gasteiger partial charge in [-0.1, -0.05) is 13.0 Å². The van der Waals surface area contributed by atoms with Gasteiger partial charge in [0.25, 0.3) is 5.91 Å². The molecule has 1 amide bonds. The van der Waals surface area contributed by atoms with E-state index in [-0.39, 0.29) is 5.91 Å². The number of fused-ring (bicyclic) bond motifs is 1. The van der Waals surface area contributed by atoms with Crippen LogP contribution >= 0.6 is 11.3 Å². The molecule has 4 nitrogen and oxygen atoms in total. The van der Waals surface area contributed by atoms with Crippen molar-refractivity contribution < 1.29 is 14.3 Å². The lowest BCUT2D eigenvalue weighted by Gasteiger charge is -2.16. The van der Waals surface area contributed by atoms with Gasteiger partial charge in [-0.25, -0.2) is 4.79 Å². The largest absolute Gasteiger partial charge is 0.465 e. The van der Waals surface area contributed by atoms with Gasteiger partial charge in [0, 0.05) is 10.6 Å². The van der Waals surface area contributed by atoms with Gasteiger partial charge in [-0.2, -0.15) is 0 Å². The maximum absolute atomic E-state index is 12.6. The SMILES string of the molecule is COC(=O)c1ccc(C)c(NC(=O)c2cc3c(s2)CC[C@H](C)C3)c1. The zero-order chi connectivity index (χ0) is 17.3. The third-order valence-corrected chi connectivity index (χ3v) is 5.70. The Morgan fingerprint density at radius 3 is 2.83 bits per heavy atom. The van der Waals surface area contributed by atoms with E-state index in [1.54, 1.807) is 23.5 Å². The number of carbonyl (C=O) groups is 2. The van der Waals surface area contributed by atoms with Gasteiger partial charge < -0.3 is 10.1 Å². The van der Waals surface area contributed by atoms with Gasteiger partial charge in [-0.15, -0.1) is 11.3 Å². The quantitative estimate of drug-likeness (QED) is 0.849. The summed E-state index contributed by atoms with van der Waals surface area (Å²) in [4.78, 5) is 26.3. The van der Waals surface area contributed by atoms with Crippen LogP contribution in [0.1, 0.15) is 49.4 Å². The molecule has 2 aromatic rings. The van der Waals surface area contributed by atoms with Crippen LogP contribution in [-0.4, -0.2) is 19.0 Å². The van der Waals surface area contributed by atoms with Crippen LogP contribution in [0.5, 0.6) is 0 Å². The minimum Gasteiger partial charge on any atom is -0.465 e. The van der Waals surface area contributed by atoms with Gasteiger partial charge in [-0.3, -0.25) is 4.79 Å². The van der Waals surface area contributed by atoms with Crippen molar-refractivity contribution in [2.24, 2.45) is 5.92 Å². The van der Waals surface area contributed by atoms with Crippen molar-refractivity contribution in [3.63, 3.8) is 0 Å². The highest BCUT2D eigenvalue weighted by Gasteiger charge is 2.21. The van der Waals surface area contributed by atoms with Gasteiger partial charge in [0.1, 0.15) is 0 Å². The molecule has 0 bridgehead atoms. The number of benzene rings is 1. The first-order valence-electron chi connectivity index (χ1n) is 8.10. The minimum atomic E-state index is -0.411. The predicted octanol–water partition coefficient (Wildman–Crippen LogP) is 4.22. The highest BCUT2D eigenvalue weighted by atomic mass is 32.1. The van der Waals surface area contributed by atoms with E-state index in [0.29, 0.717) is 17.2 Å². The van der Waals surface area contributed by atoms with Gasteiger partial charge in [0.05, 0.1) is 17.6 Å². The maximum Gasteiger partial charge on any atom is 0.337 e. The molecule has 0 radical (unpaired) electrons. The Morgan fingerprint density at radius 2 is 2.08 bits per heavy atom. The molecule has 1 heterocycles. The van der Waals surface area contributed by atoms with Gasteiger partial charge in [-0.05, 0) is 61.4 Å². The van der Waals surface area contributed by atoms with Crippen LogP contribution in [0.25, 0.3) is 0 Å². The minimum absolute atomic E-state index is 0.118. The second kappa shape index (κ2) is 6.77. The maximum atomic E-state index is 12.6. The number of amides is 1. The number of aryl methyl sites for hydroxylation is 2. The van der Waals surface area contributed by atoms with E-state index in [2.05, 4.69) is 12.2 Å². The molecule has 0 fully saturated rings. The number of carbonyl (C=O) groups excluding carboxylic acids is 2. The summed E-state index contributed by atoms with van der Waals surface area (Å²) in [6.07, 6.45) is 3.30. The van der Waals surface area contributed by atoms with Gasteiger partial charge >= 0.3 is 5.97 Å². The molecule has 0 spiro atoms. The molecule has 1 N–H and O–H groups in total. The van der Waals surface area contributed by atoms with Crippen LogP contribution in [-0.2, 0) is 17.6 Å². The summed E-state index contributed by atoms with van der Waals surface area (Å²) in [7, 11) is 1.34. The number of hydrogen-bond acceptors (Lipinski definition) is 4. The topological polar surface area (TPSA) is 55.4 Å². The van der Waals surface area contributed by atoms with E-state index in [4.69, 9.17) is 4.74 Å². The lowest BCUT2D eigenvalue weighted by Crippen LogP contribution is -2.12. The third kappa shape index (κ3) is 3.36. The standard InChI is InChI=1S/C19H21NO3S/c1-11-4-7-16-14(8-11)10-17(24-16)18(21)20-15-9-13(19(22)23-3)6-5-12(15)2/h5-6,9-11H,4,7-8H2,1-3H3,(H,20,21)/t11-/m0/s1. The molecule has 3 rings (SSSR count). The van der Waals surface area contributed by atoms with Crippen LogP contribution < -0.4 is 5.32 Å². The molecule has 5 heteroatoms. The Kier molecular flexibility index (Phi) is 4.71. The number of ether oxygens (including phenoxy) is 1. The van der Waals surface area contributed by atoms with E-state index in [9.17, 15) is 9.59 Å². The van der Waals surface area contributed by atoms with Crippen molar-refractivity contribution in [2.45, 2.75) is 33.1 Å². The summed E-state index contributed by atoms with van der Waals surface area (Å²) in [5.41, 5.74) is 3.29. The van der Waals surface area contributed by atoms with E-state index < -0.39 is 5.97 Å². The summed E-state index contributed by atoms with van der Waals surface area (Å²) >= 11 is 1.58. The Hall–Kier alpha value is -2.14. The average Bonchev–Trinajstić information content (AvgIpc) is 2.99. The fourth-order valence-corrected chi connectivity index (χ4v) is 4.11. The van der Waals surface area contributed by atoms with Gasteiger partial charge in [0.2, 0.25) is 0 Å². The molecule has 24 heavy (non-hydrogen) atoms. The molecule has 1 atom stereocenters. The summed E-state index contributed by atoms with van der Waals surface area (Å²) in [5, 5.41) is 2.93. The molecule has 0 saturated heterocycles. The fourth-order valence-electron chi connectivity index (χ4n) is 3.00. The van der Waals surface area contributed by atoms with Gasteiger partial charge in [0.15, 0.2) is 0 Å². The predicted molar refractivity (Wildman–Crippen MR) is 96.0 cm³/mol. The van der Waals surface area contributed by atoms with Crippen LogP contribution in [0.15, 0.2) is 24.3 Å². The molecule has 126 valence electrons. The van der Waals surface area contributed by atoms with Crippen molar-refractivity contribution in [2.75, 3.05) is 12.4 Å².